The van der Waals surface area contributed by atoms with E-state index < -0.39 is 0 Å². The van der Waals surface area contributed by atoms with E-state index in [4.69, 9.17) is 0 Å². The molecule has 2 rings (SSSR count). The van der Waals surface area contributed by atoms with Gasteiger partial charge in [-0.1, -0.05) is 38.1 Å². The standard InChI is InChI=1S/C16H22N2O2/c1-11(2)9-12-3-5-13(6-4-12)10-17-16(20)14-7-8-15(19)18-14/h3-6,11,14H,7-10H2,1-2H3,(H,17,20)(H,18,19). The number of benzene rings is 1. The van der Waals surface area contributed by atoms with Crippen LogP contribution >= 0.6 is 0 Å². The minimum absolute atomic E-state index is 0.0387. The molecule has 1 heterocycles. The molecule has 1 saturated heterocycles. The Kier molecular flexibility index (Phi) is 4.77. The van der Waals surface area contributed by atoms with Gasteiger partial charge in [0.2, 0.25) is 11.8 Å². The van der Waals surface area contributed by atoms with Crippen LogP contribution in [-0.4, -0.2) is 17.9 Å². The van der Waals surface area contributed by atoms with Crippen LogP contribution in [0.15, 0.2) is 24.3 Å². The Labute approximate surface area is 119 Å². The molecule has 20 heavy (non-hydrogen) atoms. The van der Waals surface area contributed by atoms with Crippen molar-refractivity contribution in [1.29, 1.82) is 0 Å². The number of carbonyl (C=O) groups excluding carboxylic acids is 2. The lowest BCUT2D eigenvalue weighted by atomic mass is 10.0. The number of amides is 2. The van der Waals surface area contributed by atoms with Gasteiger partial charge in [-0.15, -0.1) is 0 Å². The number of nitrogens with one attached hydrogen (secondary N) is 2. The molecule has 1 atom stereocenters. The summed E-state index contributed by atoms with van der Waals surface area (Å²) >= 11 is 0. The molecule has 2 amide bonds. The van der Waals surface area contributed by atoms with Crippen LogP contribution in [0.4, 0.5) is 0 Å². The molecule has 0 aromatic heterocycles. The van der Waals surface area contributed by atoms with E-state index in [-0.39, 0.29) is 17.9 Å². The molecule has 0 spiro atoms. The Morgan fingerprint density at radius 1 is 1.30 bits per heavy atom. The zero-order valence-corrected chi connectivity index (χ0v) is 12.1. The van der Waals surface area contributed by atoms with Crippen molar-refractivity contribution in [3.8, 4) is 0 Å². The molecule has 108 valence electrons. The molecule has 1 unspecified atom stereocenters. The molecule has 1 aliphatic heterocycles. The van der Waals surface area contributed by atoms with Gasteiger partial charge in [-0.05, 0) is 29.9 Å². The third-order valence-corrected chi connectivity index (χ3v) is 3.45. The summed E-state index contributed by atoms with van der Waals surface area (Å²) in [6, 6.07) is 7.96. The van der Waals surface area contributed by atoms with Crippen LogP contribution in [0, 0.1) is 5.92 Å². The van der Waals surface area contributed by atoms with Crippen molar-refractivity contribution in [3.63, 3.8) is 0 Å². The molecular formula is C16H22N2O2. The second kappa shape index (κ2) is 6.55. The van der Waals surface area contributed by atoms with Gasteiger partial charge in [-0.25, -0.2) is 0 Å². The van der Waals surface area contributed by atoms with Gasteiger partial charge < -0.3 is 10.6 Å². The van der Waals surface area contributed by atoms with E-state index in [2.05, 4.69) is 36.6 Å². The average molecular weight is 274 g/mol. The van der Waals surface area contributed by atoms with Crippen molar-refractivity contribution in [1.82, 2.24) is 10.6 Å². The predicted molar refractivity (Wildman–Crippen MR) is 78.0 cm³/mol. The summed E-state index contributed by atoms with van der Waals surface area (Å²) in [5.41, 5.74) is 2.40. The van der Waals surface area contributed by atoms with Crippen LogP contribution in [0.3, 0.4) is 0 Å². The quantitative estimate of drug-likeness (QED) is 0.860. The fourth-order valence-electron chi connectivity index (χ4n) is 2.39. The number of hydrogen-bond donors (Lipinski definition) is 2. The van der Waals surface area contributed by atoms with Crippen molar-refractivity contribution >= 4 is 11.8 Å². The van der Waals surface area contributed by atoms with Crippen LogP contribution < -0.4 is 10.6 Å². The Morgan fingerprint density at radius 2 is 1.95 bits per heavy atom. The first-order valence-electron chi connectivity index (χ1n) is 7.19. The summed E-state index contributed by atoms with van der Waals surface area (Å²) in [5.74, 6) is 0.511. The van der Waals surface area contributed by atoms with Crippen LogP contribution in [-0.2, 0) is 22.6 Å². The van der Waals surface area contributed by atoms with Gasteiger partial charge >= 0.3 is 0 Å². The maximum Gasteiger partial charge on any atom is 0.242 e. The molecule has 0 aliphatic carbocycles. The Balaban J connectivity index is 1.81. The lowest BCUT2D eigenvalue weighted by molar-refractivity contribution is -0.125. The van der Waals surface area contributed by atoms with E-state index in [1.165, 1.54) is 5.56 Å². The first kappa shape index (κ1) is 14.6. The van der Waals surface area contributed by atoms with Crippen molar-refractivity contribution in [2.45, 2.75) is 45.7 Å². The highest BCUT2D eigenvalue weighted by Crippen LogP contribution is 2.10. The van der Waals surface area contributed by atoms with Crippen molar-refractivity contribution in [2.24, 2.45) is 5.92 Å². The van der Waals surface area contributed by atoms with Crippen LogP contribution in [0.25, 0.3) is 0 Å². The third kappa shape index (κ3) is 4.08. The monoisotopic (exact) mass is 274 g/mol. The van der Waals surface area contributed by atoms with Crippen molar-refractivity contribution < 1.29 is 9.59 Å². The summed E-state index contributed by atoms with van der Waals surface area (Å²) in [7, 11) is 0. The summed E-state index contributed by atoms with van der Waals surface area (Å²) in [5, 5.41) is 5.54. The van der Waals surface area contributed by atoms with Gasteiger partial charge in [0.25, 0.3) is 0 Å². The van der Waals surface area contributed by atoms with E-state index in [9.17, 15) is 9.59 Å². The molecule has 4 heteroatoms. The van der Waals surface area contributed by atoms with Crippen LogP contribution in [0.5, 0.6) is 0 Å². The second-order valence-corrected chi connectivity index (χ2v) is 5.79. The van der Waals surface area contributed by atoms with E-state index in [1.54, 1.807) is 0 Å². The highest BCUT2D eigenvalue weighted by molar-refractivity contribution is 5.90. The zero-order chi connectivity index (χ0) is 14.5. The maximum absolute atomic E-state index is 11.9. The highest BCUT2D eigenvalue weighted by Gasteiger charge is 2.26. The first-order valence-corrected chi connectivity index (χ1v) is 7.19. The fourth-order valence-corrected chi connectivity index (χ4v) is 2.39. The molecule has 2 N–H and O–H groups in total. The number of rotatable bonds is 5. The van der Waals surface area contributed by atoms with Gasteiger partial charge in [0.05, 0.1) is 0 Å². The fraction of sp³-hybridized carbons (Fsp3) is 0.500. The summed E-state index contributed by atoms with van der Waals surface area (Å²) in [6.45, 7) is 4.90. The minimum Gasteiger partial charge on any atom is -0.350 e. The van der Waals surface area contributed by atoms with Crippen LogP contribution in [0.1, 0.15) is 37.8 Å². The van der Waals surface area contributed by atoms with Gasteiger partial charge in [-0.3, -0.25) is 9.59 Å². The van der Waals surface area contributed by atoms with Gasteiger partial charge in [0, 0.05) is 13.0 Å². The molecule has 1 aromatic carbocycles. The molecule has 0 radical (unpaired) electrons. The predicted octanol–water partition coefficient (Wildman–Crippen LogP) is 1.78. The lowest BCUT2D eigenvalue weighted by Gasteiger charge is -2.11. The normalized spacial score (nSPS) is 18.1. The molecule has 1 fully saturated rings. The van der Waals surface area contributed by atoms with E-state index >= 15 is 0 Å². The van der Waals surface area contributed by atoms with Gasteiger partial charge in [0.1, 0.15) is 6.04 Å². The molecule has 1 aliphatic rings. The van der Waals surface area contributed by atoms with Gasteiger partial charge in [-0.2, -0.15) is 0 Å². The minimum atomic E-state index is -0.359. The smallest absolute Gasteiger partial charge is 0.242 e. The van der Waals surface area contributed by atoms with E-state index in [1.807, 2.05) is 12.1 Å². The summed E-state index contributed by atoms with van der Waals surface area (Å²) < 4.78 is 0. The summed E-state index contributed by atoms with van der Waals surface area (Å²) in [4.78, 5) is 22.9. The lowest BCUT2D eigenvalue weighted by Crippen LogP contribution is -2.41. The largest absolute Gasteiger partial charge is 0.350 e. The third-order valence-electron chi connectivity index (χ3n) is 3.45. The van der Waals surface area contributed by atoms with Gasteiger partial charge in [0.15, 0.2) is 0 Å². The molecular weight excluding hydrogens is 252 g/mol. The van der Waals surface area contributed by atoms with E-state index in [0.717, 1.165) is 12.0 Å². The highest BCUT2D eigenvalue weighted by atomic mass is 16.2. The molecule has 1 aromatic rings. The second-order valence-electron chi connectivity index (χ2n) is 5.79. The van der Waals surface area contributed by atoms with Crippen molar-refractivity contribution in [2.75, 3.05) is 0 Å². The molecule has 4 nitrogen and oxygen atoms in total. The Hall–Kier alpha value is -1.84. The maximum atomic E-state index is 11.9. The van der Waals surface area contributed by atoms with Crippen molar-refractivity contribution in [3.05, 3.63) is 35.4 Å². The van der Waals surface area contributed by atoms with E-state index in [0.29, 0.717) is 25.3 Å². The average Bonchev–Trinajstić information content (AvgIpc) is 2.84. The number of hydrogen-bond acceptors (Lipinski definition) is 2. The Bertz CT molecular complexity index is 480. The number of carbonyl (C=O) groups is 2. The SMILES string of the molecule is CC(C)Cc1ccc(CNC(=O)C2CCC(=O)N2)cc1. The molecule has 0 saturated carbocycles. The first-order chi connectivity index (χ1) is 9.54. The summed E-state index contributed by atoms with van der Waals surface area (Å²) in [6.07, 6.45) is 2.11. The molecule has 0 bridgehead atoms. The zero-order valence-electron chi connectivity index (χ0n) is 12.1. The Morgan fingerprint density at radius 3 is 2.50 bits per heavy atom. The van der Waals surface area contributed by atoms with Crippen LogP contribution in [0.2, 0.25) is 0 Å². The topological polar surface area (TPSA) is 58.2 Å².